The minimum atomic E-state index is -0.476. The lowest BCUT2D eigenvalue weighted by Crippen LogP contribution is -2.14. The third-order valence-corrected chi connectivity index (χ3v) is 4.85. The van der Waals surface area contributed by atoms with Crippen LogP contribution in [-0.4, -0.2) is 33.8 Å². The van der Waals surface area contributed by atoms with Gasteiger partial charge in [-0.2, -0.15) is 5.26 Å². The first kappa shape index (κ1) is 20.3. The standard InChI is InChI=1S/C21H18N4O3S/c1-4-28-20(27)16-12(2)9-10-23-18(16)14-7-5-13(6-8-14)17-15(11-22)19(26)25-21(24-17)29-3/h5-10H,4H2,1-3H3,(H,24,25,26). The molecule has 0 atom stereocenters. The van der Waals surface area contributed by atoms with E-state index in [2.05, 4.69) is 15.0 Å². The molecule has 0 spiro atoms. The minimum Gasteiger partial charge on any atom is -0.462 e. The van der Waals surface area contributed by atoms with E-state index in [1.807, 2.05) is 13.0 Å². The van der Waals surface area contributed by atoms with E-state index in [1.54, 1.807) is 49.7 Å². The molecule has 1 N–H and O–H groups in total. The SMILES string of the molecule is CCOC(=O)c1c(C)ccnc1-c1ccc(-c2nc(SC)[nH]c(=O)c2C#N)cc1. The van der Waals surface area contributed by atoms with Crippen molar-refractivity contribution in [3.05, 3.63) is 63.6 Å². The quantitative estimate of drug-likeness (QED) is 0.392. The molecule has 29 heavy (non-hydrogen) atoms. The second-order valence-electron chi connectivity index (χ2n) is 6.06. The van der Waals surface area contributed by atoms with E-state index in [0.29, 0.717) is 33.2 Å². The topological polar surface area (TPSA) is 109 Å². The van der Waals surface area contributed by atoms with Gasteiger partial charge in [-0.3, -0.25) is 9.78 Å². The number of nitriles is 1. The van der Waals surface area contributed by atoms with Gasteiger partial charge in [0.15, 0.2) is 5.16 Å². The molecule has 0 radical (unpaired) electrons. The Labute approximate surface area is 171 Å². The Morgan fingerprint density at radius 1 is 1.21 bits per heavy atom. The normalized spacial score (nSPS) is 10.4. The molecule has 1 aromatic carbocycles. The Hall–Kier alpha value is -3.44. The highest BCUT2D eigenvalue weighted by Crippen LogP contribution is 2.28. The molecule has 2 aromatic heterocycles. The van der Waals surface area contributed by atoms with Crippen LogP contribution in [0.4, 0.5) is 0 Å². The van der Waals surface area contributed by atoms with Crippen LogP contribution in [0.1, 0.15) is 28.4 Å². The summed E-state index contributed by atoms with van der Waals surface area (Å²) in [6.07, 6.45) is 3.43. The lowest BCUT2D eigenvalue weighted by Gasteiger charge is -2.11. The fraction of sp³-hybridized carbons (Fsp3) is 0.190. The number of ether oxygens (including phenoxy) is 1. The van der Waals surface area contributed by atoms with Gasteiger partial charge in [0.1, 0.15) is 11.6 Å². The monoisotopic (exact) mass is 406 g/mol. The highest BCUT2D eigenvalue weighted by atomic mass is 32.2. The van der Waals surface area contributed by atoms with Gasteiger partial charge in [-0.05, 0) is 31.7 Å². The molecule has 0 saturated carbocycles. The van der Waals surface area contributed by atoms with Gasteiger partial charge in [0.05, 0.1) is 23.6 Å². The minimum absolute atomic E-state index is 0.0450. The Morgan fingerprint density at radius 2 is 1.86 bits per heavy atom. The highest BCUT2D eigenvalue weighted by molar-refractivity contribution is 7.98. The van der Waals surface area contributed by atoms with E-state index in [9.17, 15) is 14.9 Å². The third kappa shape index (κ3) is 4.05. The number of rotatable bonds is 5. The number of esters is 1. The van der Waals surface area contributed by atoms with Crippen LogP contribution in [0.25, 0.3) is 22.5 Å². The van der Waals surface area contributed by atoms with Gasteiger partial charge in [-0.1, -0.05) is 36.0 Å². The van der Waals surface area contributed by atoms with E-state index in [-0.39, 0.29) is 12.2 Å². The Balaban J connectivity index is 2.09. The molecule has 0 amide bonds. The van der Waals surface area contributed by atoms with Crippen LogP contribution in [0, 0.1) is 18.3 Å². The van der Waals surface area contributed by atoms with Crippen LogP contribution < -0.4 is 5.56 Å². The number of thioether (sulfide) groups is 1. The summed E-state index contributed by atoms with van der Waals surface area (Å²) in [5, 5.41) is 9.79. The van der Waals surface area contributed by atoms with E-state index in [1.165, 1.54) is 11.8 Å². The molecular formula is C21H18N4O3S. The summed E-state index contributed by atoms with van der Waals surface area (Å²) in [7, 11) is 0. The molecule has 146 valence electrons. The van der Waals surface area contributed by atoms with Crippen LogP contribution in [0.3, 0.4) is 0 Å². The zero-order chi connectivity index (χ0) is 21.0. The van der Waals surface area contributed by atoms with Crippen molar-refractivity contribution < 1.29 is 9.53 Å². The maximum absolute atomic E-state index is 12.4. The molecular weight excluding hydrogens is 388 g/mol. The summed E-state index contributed by atoms with van der Waals surface area (Å²) in [5.74, 6) is -0.426. The summed E-state index contributed by atoms with van der Waals surface area (Å²) in [4.78, 5) is 35.8. The molecule has 0 unspecified atom stereocenters. The lowest BCUT2D eigenvalue weighted by atomic mass is 9.99. The van der Waals surface area contributed by atoms with Crippen LogP contribution in [-0.2, 0) is 4.74 Å². The Morgan fingerprint density at radius 3 is 2.45 bits per heavy atom. The van der Waals surface area contributed by atoms with Crippen molar-refractivity contribution in [2.75, 3.05) is 12.9 Å². The number of H-pyrrole nitrogens is 1. The third-order valence-electron chi connectivity index (χ3n) is 4.27. The molecule has 0 fully saturated rings. The molecule has 0 bridgehead atoms. The van der Waals surface area contributed by atoms with E-state index in [4.69, 9.17) is 4.74 Å². The molecule has 0 aliphatic rings. The molecule has 2 heterocycles. The predicted octanol–water partition coefficient (Wildman–Crippen LogP) is 3.58. The van der Waals surface area contributed by atoms with E-state index < -0.39 is 11.5 Å². The largest absolute Gasteiger partial charge is 0.462 e. The number of aromatic nitrogens is 3. The Bertz CT molecular complexity index is 1160. The molecule has 3 rings (SSSR count). The van der Waals surface area contributed by atoms with Gasteiger partial charge >= 0.3 is 5.97 Å². The van der Waals surface area contributed by atoms with Crippen molar-refractivity contribution in [3.8, 4) is 28.6 Å². The number of pyridine rings is 1. The summed E-state index contributed by atoms with van der Waals surface area (Å²) >= 11 is 1.28. The van der Waals surface area contributed by atoms with Crippen molar-refractivity contribution >= 4 is 17.7 Å². The van der Waals surface area contributed by atoms with Gasteiger partial charge < -0.3 is 9.72 Å². The zero-order valence-electron chi connectivity index (χ0n) is 16.1. The fourth-order valence-electron chi connectivity index (χ4n) is 2.89. The summed E-state index contributed by atoms with van der Waals surface area (Å²) < 4.78 is 5.17. The van der Waals surface area contributed by atoms with Gasteiger partial charge in [0, 0.05) is 17.3 Å². The van der Waals surface area contributed by atoms with Gasteiger partial charge in [-0.15, -0.1) is 0 Å². The summed E-state index contributed by atoms with van der Waals surface area (Å²) in [6.45, 7) is 3.85. The first-order chi connectivity index (χ1) is 14.0. The molecule has 0 aliphatic carbocycles. The van der Waals surface area contributed by atoms with Crippen molar-refractivity contribution in [1.82, 2.24) is 15.0 Å². The van der Waals surface area contributed by atoms with Gasteiger partial charge in [0.25, 0.3) is 5.56 Å². The number of nitrogens with zero attached hydrogens (tertiary/aromatic N) is 3. The molecule has 7 nitrogen and oxygen atoms in total. The number of hydrogen-bond acceptors (Lipinski definition) is 7. The van der Waals surface area contributed by atoms with Gasteiger partial charge in [-0.25, -0.2) is 9.78 Å². The van der Waals surface area contributed by atoms with Crippen LogP contribution in [0.5, 0.6) is 0 Å². The first-order valence-electron chi connectivity index (χ1n) is 8.82. The van der Waals surface area contributed by atoms with Crippen LogP contribution in [0.15, 0.2) is 46.5 Å². The zero-order valence-corrected chi connectivity index (χ0v) is 17.0. The number of carbonyl (C=O) groups excluding carboxylic acids is 1. The van der Waals surface area contributed by atoms with Crippen molar-refractivity contribution in [2.45, 2.75) is 19.0 Å². The number of benzene rings is 1. The van der Waals surface area contributed by atoms with Crippen LogP contribution in [0.2, 0.25) is 0 Å². The maximum atomic E-state index is 12.4. The number of hydrogen-bond donors (Lipinski definition) is 1. The highest BCUT2D eigenvalue weighted by Gasteiger charge is 2.19. The van der Waals surface area contributed by atoms with E-state index in [0.717, 1.165) is 5.56 Å². The Kier molecular flexibility index (Phi) is 6.10. The number of carbonyl (C=O) groups is 1. The lowest BCUT2D eigenvalue weighted by molar-refractivity contribution is 0.0526. The average molecular weight is 406 g/mol. The predicted molar refractivity (Wildman–Crippen MR) is 111 cm³/mol. The van der Waals surface area contributed by atoms with Crippen molar-refractivity contribution in [1.29, 1.82) is 5.26 Å². The van der Waals surface area contributed by atoms with Crippen molar-refractivity contribution in [3.63, 3.8) is 0 Å². The number of nitrogens with one attached hydrogen (secondary N) is 1. The fourth-order valence-corrected chi connectivity index (χ4v) is 3.26. The summed E-state index contributed by atoms with van der Waals surface area (Å²) in [6, 6.07) is 10.7. The van der Waals surface area contributed by atoms with Gasteiger partial charge in [0.2, 0.25) is 0 Å². The molecule has 0 aliphatic heterocycles. The number of aryl methyl sites for hydroxylation is 1. The smallest absolute Gasteiger partial charge is 0.340 e. The van der Waals surface area contributed by atoms with Crippen LogP contribution >= 0.6 is 11.8 Å². The maximum Gasteiger partial charge on any atom is 0.340 e. The molecule has 8 heteroatoms. The average Bonchev–Trinajstić information content (AvgIpc) is 2.73. The first-order valence-corrected chi connectivity index (χ1v) is 10.0. The second kappa shape index (κ2) is 8.71. The van der Waals surface area contributed by atoms with Crippen molar-refractivity contribution in [2.24, 2.45) is 0 Å². The second-order valence-corrected chi connectivity index (χ2v) is 6.85. The van der Waals surface area contributed by atoms with E-state index >= 15 is 0 Å². The molecule has 3 aromatic rings. The summed E-state index contributed by atoms with van der Waals surface area (Å²) in [5.41, 5.74) is 2.83. The number of aromatic amines is 1. The molecule has 0 saturated heterocycles.